The number of hydrogen-bond donors (Lipinski definition) is 0. The Balaban J connectivity index is 1.55. The van der Waals surface area contributed by atoms with Crippen LogP contribution in [0.2, 0.25) is 0 Å². The van der Waals surface area contributed by atoms with Gasteiger partial charge in [-0.25, -0.2) is 4.39 Å². The van der Waals surface area contributed by atoms with Crippen molar-refractivity contribution < 1.29 is 9.18 Å². The molecule has 1 saturated carbocycles. The molecule has 0 N–H and O–H groups in total. The molecule has 2 aromatic rings. The maximum atomic E-state index is 14.2. The van der Waals surface area contributed by atoms with Crippen LogP contribution in [0, 0.1) is 5.82 Å². The monoisotopic (exact) mass is 325 g/mol. The van der Waals surface area contributed by atoms with Crippen LogP contribution in [0.5, 0.6) is 0 Å². The van der Waals surface area contributed by atoms with Gasteiger partial charge in [0.05, 0.1) is 11.1 Å². The van der Waals surface area contributed by atoms with Crippen molar-refractivity contribution in [1.82, 2.24) is 14.9 Å². The summed E-state index contributed by atoms with van der Waals surface area (Å²) in [6.07, 6.45) is 8.56. The quantitative estimate of drug-likeness (QED) is 0.871. The van der Waals surface area contributed by atoms with Gasteiger partial charge in [-0.05, 0) is 31.7 Å². The molecule has 2 aliphatic rings. The normalized spacial score (nSPS) is 22.2. The molecule has 0 bridgehead atoms. The van der Waals surface area contributed by atoms with Crippen LogP contribution in [0.1, 0.15) is 42.9 Å². The van der Waals surface area contributed by atoms with E-state index in [0.29, 0.717) is 12.1 Å². The van der Waals surface area contributed by atoms with Crippen LogP contribution in [0.3, 0.4) is 0 Å². The van der Waals surface area contributed by atoms with E-state index in [-0.39, 0.29) is 17.6 Å². The average Bonchev–Trinajstić information content (AvgIpc) is 3.44. The molecule has 0 spiro atoms. The molecule has 1 unspecified atom stereocenters. The van der Waals surface area contributed by atoms with Gasteiger partial charge in [-0.1, -0.05) is 18.2 Å². The van der Waals surface area contributed by atoms with E-state index in [1.807, 2.05) is 11.0 Å². The summed E-state index contributed by atoms with van der Waals surface area (Å²) in [5.41, 5.74) is 0.845. The first kappa shape index (κ1) is 15.2. The van der Waals surface area contributed by atoms with E-state index in [1.54, 1.807) is 30.7 Å². The summed E-state index contributed by atoms with van der Waals surface area (Å²) >= 11 is 0. The minimum atomic E-state index is -0.643. The van der Waals surface area contributed by atoms with Crippen LogP contribution in [0.25, 0.3) is 0 Å². The Hall–Kier alpha value is -2.30. The summed E-state index contributed by atoms with van der Waals surface area (Å²) in [4.78, 5) is 23.6. The third kappa shape index (κ3) is 2.58. The molecule has 4 rings (SSSR count). The Morgan fingerprint density at radius 3 is 2.79 bits per heavy atom. The van der Waals surface area contributed by atoms with Crippen molar-refractivity contribution in [2.75, 3.05) is 13.1 Å². The maximum Gasteiger partial charge on any atom is 0.233 e. The maximum absolute atomic E-state index is 14.2. The van der Waals surface area contributed by atoms with Crippen molar-refractivity contribution in [3.05, 3.63) is 59.9 Å². The average molecular weight is 325 g/mol. The Morgan fingerprint density at radius 1 is 1.25 bits per heavy atom. The Labute approximate surface area is 140 Å². The van der Waals surface area contributed by atoms with Crippen LogP contribution in [-0.2, 0) is 10.2 Å². The Bertz CT molecular complexity index is 745. The van der Waals surface area contributed by atoms with Crippen molar-refractivity contribution >= 4 is 5.91 Å². The topological polar surface area (TPSA) is 46.1 Å². The number of rotatable bonds is 3. The number of nitrogens with zero attached hydrogens (tertiary/aromatic N) is 3. The highest BCUT2D eigenvalue weighted by Crippen LogP contribution is 2.51. The molecular weight excluding hydrogens is 305 g/mol. The summed E-state index contributed by atoms with van der Waals surface area (Å²) < 4.78 is 14.2. The largest absolute Gasteiger partial charge is 0.341 e. The first-order valence-electron chi connectivity index (χ1n) is 8.51. The molecule has 1 aliphatic carbocycles. The number of hydrogen-bond acceptors (Lipinski definition) is 3. The second-order valence-electron chi connectivity index (χ2n) is 6.78. The van der Waals surface area contributed by atoms with E-state index < -0.39 is 5.41 Å². The van der Waals surface area contributed by atoms with Gasteiger partial charge in [0, 0.05) is 43.2 Å². The fourth-order valence-electron chi connectivity index (χ4n) is 3.80. The molecular formula is C19H20FN3O. The zero-order valence-corrected chi connectivity index (χ0v) is 13.5. The highest BCUT2D eigenvalue weighted by atomic mass is 19.1. The number of carbonyl (C=O) groups excluding carboxylic acids is 1. The summed E-state index contributed by atoms with van der Waals surface area (Å²) in [5.74, 6) is 0.0137. The van der Waals surface area contributed by atoms with Gasteiger partial charge in [-0.2, -0.15) is 0 Å². The summed E-state index contributed by atoms with van der Waals surface area (Å²) in [7, 11) is 0. The first-order valence-corrected chi connectivity index (χ1v) is 8.51. The molecule has 1 saturated heterocycles. The molecule has 1 amide bonds. The molecule has 124 valence electrons. The Morgan fingerprint density at radius 2 is 2.08 bits per heavy atom. The number of amides is 1. The van der Waals surface area contributed by atoms with Gasteiger partial charge in [0.25, 0.3) is 0 Å². The first-order chi connectivity index (χ1) is 11.7. The van der Waals surface area contributed by atoms with Gasteiger partial charge in [-0.3, -0.25) is 14.8 Å². The highest BCUT2D eigenvalue weighted by molar-refractivity contribution is 5.91. The standard InChI is InChI=1S/C19H20FN3O/c20-16-6-2-1-5-15(16)19(7-8-19)18(24)23-11-3-4-14(13-23)17-12-21-9-10-22-17/h1-2,5-6,9-10,12,14H,3-4,7-8,11,13H2. The smallest absolute Gasteiger partial charge is 0.233 e. The number of carbonyl (C=O) groups is 1. The second-order valence-corrected chi connectivity index (χ2v) is 6.78. The third-order valence-electron chi connectivity index (χ3n) is 5.26. The van der Waals surface area contributed by atoms with Crippen LogP contribution >= 0.6 is 0 Å². The molecule has 5 heteroatoms. The van der Waals surface area contributed by atoms with Crippen molar-refractivity contribution in [1.29, 1.82) is 0 Å². The third-order valence-corrected chi connectivity index (χ3v) is 5.26. The SMILES string of the molecule is O=C(N1CCCC(c2cnccn2)C1)C1(c2ccccc2F)CC1. The lowest BCUT2D eigenvalue weighted by molar-refractivity contribution is -0.135. The predicted octanol–water partition coefficient (Wildman–Crippen LogP) is 3.05. The minimum Gasteiger partial charge on any atom is -0.341 e. The fourth-order valence-corrected chi connectivity index (χ4v) is 3.80. The van der Waals surface area contributed by atoms with Crippen molar-refractivity contribution in [2.45, 2.75) is 37.0 Å². The van der Waals surface area contributed by atoms with Gasteiger partial charge < -0.3 is 4.90 Å². The lowest BCUT2D eigenvalue weighted by Gasteiger charge is -2.35. The van der Waals surface area contributed by atoms with E-state index in [1.165, 1.54) is 6.07 Å². The van der Waals surface area contributed by atoms with Gasteiger partial charge in [0.15, 0.2) is 0 Å². The number of aromatic nitrogens is 2. The van der Waals surface area contributed by atoms with E-state index in [0.717, 1.165) is 37.9 Å². The number of benzene rings is 1. The molecule has 0 radical (unpaired) electrons. The lowest BCUT2D eigenvalue weighted by Crippen LogP contribution is -2.44. The Kier molecular flexibility index (Phi) is 3.79. The van der Waals surface area contributed by atoms with Crippen molar-refractivity contribution in [3.63, 3.8) is 0 Å². The molecule has 1 aromatic heterocycles. The van der Waals surface area contributed by atoms with Crippen LogP contribution in [0.4, 0.5) is 4.39 Å². The van der Waals surface area contributed by atoms with Gasteiger partial charge in [0.2, 0.25) is 5.91 Å². The van der Waals surface area contributed by atoms with Gasteiger partial charge >= 0.3 is 0 Å². The van der Waals surface area contributed by atoms with Crippen LogP contribution in [0.15, 0.2) is 42.9 Å². The molecule has 1 aliphatic heterocycles. The number of piperidine rings is 1. The molecule has 2 fully saturated rings. The zero-order valence-electron chi connectivity index (χ0n) is 13.5. The number of likely N-dealkylation sites (tertiary alicyclic amines) is 1. The van der Waals surface area contributed by atoms with E-state index in [9.17, 15) is 9.18 Å². The van der Waals surface area contributed by atoms with Crippen LogP contribution < -0.4 is 0 Å². The molecule has 4 nitrogen and oxygen atoms in total. The fraction of sp³-hybridized carbons (Fsp3) is 0.421. The number of halogens is 1. The van der Waals surface area contributed by atoms with Gasteiger partial charge in [0.1, 0.15) is 5.82 Å². The van der Waals surface area contributed by atoms with E-state index >= 15 is 0 Å². The van der Waals surface area contributed by atoms with Crippen molar-refractivity contribution in [3.8, 4) is 0 Å². The minimum absolute atomic E-state index is 0.0705. The summed E-state index contributed by atoms with van der Waals surface area (Å²) in [6.45, 7) is 1.39. The van der Waals surface area contributed by atoms with Crippen molar-refractivity contribution in [2.24, 2.45) is 0 Å². The van der Waals surface area contributed by atoms with E-state index in [2.05, 4.69) is 9.97 Å². The zero-order chi connectivity index (χ0) is 16.6. The van der Waals surface area contributed by atoms with E-state index in [4.69, 9.17) is 0 Å². The second kappa shape index (κ2) is 5.96. The molecule has 24 heavy (non-hydrogen) atoms. The molecule has 1 atom stereocenters. The molecule has 2 heterocycles. The lowest BCUT2D eigenvalue weighted by atomic mass is 9.90. The predicted molar refractivity (Wildman–Crippen MR) is 87.9 cm³/mol. The summed E-state index contributed by atoms with van der Waals surface area (Å²) in [6, 6.07) is 6.68. The molecule has 1 aromatic carbocycles. The summed E-state index contributed by atoms with van der Waals surface area (Å²) in [5, 5.41) is 0. The van der Waals surface area contributed by atoms with Gasteiger partial charge in [-0.15, -0.1) is 0 Å². The highest BCUT2D eigenvalue weighted by Gasteiger charge is 2.54. The van der Waals surface area contributed by atoms with Crippen LogP contribution in [-0.4, -0.2) is 33.9 Å².